The predicted molar refractivity (Wildman–Crippen MR) is 111 cm³/mol. The normalized spacial score (nSPS) is 15.4. The van der Waals surface area contributed by atoms with E-state index in [1.807, 2.05) is 12.1 Å². The molecule has 0 N–H and O–H groups in total. The summed E-state index contributed by atoms with van der Waals surface area (Å²) in [4.78, 5) is 15.4. The Balaban J connectivity index is 1.69. The molecule has 5 nitrogen and oxygen atoms in total. The Morgan fingerprint density at radius 1 is 1.15 bits per heavy atom. The lowest BCUT2D eigenvalue weighted by atomic mass is 10.2. The second kappa shape index (κ2) is 8.14. The van der Waals surface area contributed by atoms with E-state index < -0.39 is 0 Å². The zero-order valence-corrected chi connectivity index (χ0v) is 17.5. The minimum atomic E-state index is 0.655. The molecule has 0 spiro atoms. The van der Waals surface area contributed by atoms with Gasteiger partial charge >= 0.3 is 0 Å². The highest BCUT2D eigenvalue weighted by Crippen LogP contribution is 2.36. The zero-order chi connectivity index (χ0) is 18.8. The molecule has 142 valence electrons. The van der Waals surface area contributed by atoms with Gasteiger partial charge in [0.1, 0.15) is 16.4 Å². The molecule has 7 heteroatoms. The molecule has 3 aromatic rings. The molecule has 27 heavy (non-hydrogen) atoms. The minimum Gasteiger partial charge on any atom is -0.438 e. The van der Waals surface area contributed by atoms with E-state index in [4.69, 9.17) is 19.4 Å². The molecule has 0 aliphatic carbocycles. The largest absolute Gasteiger partial charge is 0.438 e. The fraction of sp³-hybridized carbons (Fsp3) is 0.400. The Morgan fingerprint density at radius 3 is 2.59 bits per heavy atom. The van der Waals surface area contributed by atoms with Gasteiger partial charge in [-0.25, -0.2) is 4.98 Å². The van der Waals surface area contributed by atoms with Crippen molar-refractivity contribution in [2.24, 2.45) is 0 Å². The van der Waals surface area contributed by atoms with Crippen LogP contribution in [0.3, 0.4) is 0 Å². The highest BCUT2D eigenvalue weighted by Gasteiger charge is 2.19. The first-order valence-electron chi connectivity index (χ1n) is 9.02. The molecule has 0 bridgehead atoms. The number of thioether (sulfide) groups is 1. The summed E-state index contributed by atoms with van der Waals surface area (Å²) in [7, 11) is 0. The first-order valence-corrected chi connectivity index (χ1v) is 11.1. The molecule has 1 fully saturated rings. The van der Waals surface area contributed by atoms with Gasteiger partial charge in [0.25, 0.3) is 0 Å². The van der Waals surface area contributed by atoms with Crippen LogP contribution in [0.25, 0.3) is 10.2 Å². The SMILES string of the molecule is CSc1ccc(Oc2nc(CN3CCOCC3)nc3sc(C)c(C)c23)cc1. The molecule has 1 aliphatic rings. The summed E-state index contributed by atoms with van der Waals surface area (Å²) in [5.41, 5.74) is 1.20. The number of fused-ring (bicyclic) bond motifs is 1. The fourth-order valence-corrected chi connectivity index (χ4v) is 4.56. The summed E-state index contributed by atoms with van der Waals surface area (Å²) in [5, 5.41) is 1.03. The predicted octanol–water partition coefficient (Wildman–Crippen LogP) is 4.65. The van der Waals surface area contributed by atoms with Crippen molar-refractivity contribution >= 4 is 33.3 Å². The number of hydrogen-bond donors (Lipinski definition) is 0. The van der Waals surface area contributed by atoms with Crippen LogP contribution in [0.5, 0.6) is 11.6 Å². The van der Waals surface area contributed by atoms with Crippen LogP contribution in [0.4, 0.5) is 0 Å². The van der Waals surface area contributed by atoms with E-state index in [1.54, 1.807) is 23.1 Å². The van der Waals surface area contributed by atoms with Crippen molar-refractivity contribution < 1.29 is 9.47 Å². The number of thiophene rings is 1. The lowest BCUT2D eigenvalue weighted by Gasteiger charge is -2.25. The molecule has 0 atom stereocenters. The van der Waals surface area contributed by atoms with Crippen molar-refractivity contribution in [1.82, 2.24) is 14.9 Å². The third kappa shape index (κ3) is 4.11. The topological polar surface area (TPSA) is 47.5 Å². The molecule has 0 saturated carbocycles. The lowest BCUT2D eigenvalue weighted by Crippen LogP contribution is -2.36. The highest BCUT2D eigenvalue weighted by atomic mass is 32.2. The highest BCUT2D eigenvalue weighted by molar-refractivity contribution is 7.98. The summed E-state index contributed by atoms with van der Waals surface area (Å²) in [6.45, 7) is 8.32. The number of aromatic nitrogens is 2. The summed E-state index contributed by atoms with van der Waals surface area (Å²) >= 11 is 3.43. The number of morpholine rings is 1. The summed E-state index contributed by atoms with van der Waals surface area (Å²) in [5.74, 6) is 2.26. The third-order valence-corrected chi connectivity index (χ3v) is 6.63. The monoisotopic (exact) mass is 401 g/mol. The first kappa shape index (κ1) is 18.7. The second-order valence-corrected chi connectivity index (χ2v) is 8.66. The summed E-state index contributed by atoms with van der Waals surface area (Å²) in [6.07, 6.45) is 2.07. The average molecular weight is 402 g/mol. The molecule has 0 amide bonds. The van der Waals surface area contributed by atoms with E-state index in [1.165, 1.54) is 15.3 Å². The number of benzene rings is 1. The van der Waals surface area contributed by atoms with Crippen molar-refractivity contribution in [2.75, 3.05) is 32.6 Å². The first-order chi connectivity index (χ1) is 13.1. The Hall–Kier alpha value is -1.67. The van der Waals surface area contributed by atoms with Crippen LogP contribution in [0, 0.1) is 13.8 Å². The van der Waals surface area contributed by atoms with Crippen molar-refractivity contribution in [3.05, 3.63) is 40.5 Å². The number of nitrogens with zero attached hydrogens (tertiary/aromatic N) is 3. The zero-order valence-electron chi connectivity index (χ0n) is 15.8. The van der Waals surface area contributed by atoms with E-state index in [0.717, 1.165) is 54.6 Å². The Morgan fingerprint density at radius 2 is 1.89 bits per heavy atom. The van der Waals surface area contributed by atoms with Crippen LogP contribution in [0.2, 0.25) is 0 Å². The Kier molecular flexibility index (Phi) is 5.63. The van der Waals surface area contributed by atoms with Crippen molar-refractivity contribution in [3.8, 4) is 11.6 Å². The number of hydrogen-bond acceptors (Lipinski definition) is 7. The Labute approximate surface area is 167 Å². The van der Waals surface area contributed by atoms with Gasteiger partial charge in [-0.2, -0.15) is 4.98 Å². The van der Waals surface area contributed by atoms with Crippen molar-refractivity contribution in [3.63, 3.8) is 0 Å². The van der Waals surface area contributed by atoms with Gasteiger partial charge in [0.15, 0.2) is 0 Å². The maximum Gasteiger partial charge on any atom is 0.231 e. The van der Waals surface area contributed by atoms with Gasteiger partial charge in [-0.15, -0.1) is 23.1 Å². The molecule has 0 radical (unpaired) electrons. The lowest BCUT2D eigenvalue weighted by molar-refractivity contribution is 0.0330. The van der Waals surface area contributed by atoms with E-state index in [-0.39, 0.29) is 0 Å². The van der Waals surface area contributed by atoms with Gasteiger partial charge in [0.2, 0.25) is 5.88 Å². The van der Waals surface area contributed by atoms with Crippen LogP contribution in [0.1, 0.15) is 16.3 Å². The molecule has 1 aliphatic heterocycles. The fourth-order valence-electron chi connectivity index (χ4n) is 3.11. The number of aryl methyl sites for hydroxylation is 2. The van der Waals surface area contributed by atoms with Gasteiger partial charge < -0.3 is 9.47 Å². The van der Waals surface area contributed by atoms with Crippen LogP contribution >= 0.6 is 23.1 Å². The van der Waals surface area contributed by atoms with E-state index in [0.29, 0.717) is 5.88 Å². The van der Waals surface area contributed by atoms with Crippen molar-refractivity contribution in [1.29, 1.82) is 0 Å². The smallest absolute Gasteiger partial charge is 0.231 e. The maximum atomic E-state index is 6.22. The minimum absolute atomic E-state index is 0.655. The second-order valence-electron chi connectivity index (χ2n) is 6.57. The average Bonchev–Trinajstić information content (AvgIpc) is 2.97. The van der Waals surface area contributed by atoms with Gasteiger partial charge in [-0.05, 0) is 49.9 Å². The molecule has 1 saturated heterocycles. The van der Waals surface area contributed by atoms with Gasteiger partial charge in [-0.3, -0.25) is 4.90 Å². The molecule has 4 rings (SSSR count). The van der Waals surface area contributed by atoms with Crippen LogP contribution in [-0.4, -0.2) is 47.4 Å². The third-order valence-electron chi connectivity index (χ3n) is 4.78. The summed E-state index contributed by atoms with van der Waals surface area (Å²) < 4.78 is 11.7. The summed E-state index contributed by atoms with van der Waals surface area (Å²) in [6, 6.07) is 8.13. The van der Waals surface area contributed by atoms with Crippen LogP contribution in [-0.2, 0) is 11.3 Å². The molecule has 2 aromatic heterocycles. The van der Waals surface area contributed by atoms with Gasteiger partial charge in [0.05, 0.1) is 25.1 Å². The standard InChI is InChI=1S/C20H23N3O2S2/c1-13-14(2)27-20-18(13)19(25-15-4-6-16(26-3)7-5-15)21-17(22-20)12-23-8-10-24-11-9-23/h4-7H,8-12H2,1-3H3. The molecule has 3 heterocycles. The quantitative estimate of drug-likeness (QED) is 0.580. The van der Waals surface area contributed by atoms with Gasteiger partial charge in [0, 0.05) is 22.9 Å². The number of ether oxygens (including phenoxy) is 2. The molecular formula is C20H23N3O2S2. The molecule has 1 aromatic carbocycles. The van der Waals surface area contributed by atoms with Gasteiger partial charge in [-0.1, -0.05) is 0 Å². The van der Waals surface area contributed by atoms with Crippen LogP contribution < -0.4 is 4.74 Å². The van der Waals surface area contributed by atoms with E-state index >= 15 is 0 Å². The maximum absolute atomic E-state index is 6.22. The van der Waals surface area contributed by atoms with E-state index in [2.05, 4.69) is 37.1 Å². The Bertz CT molecular complexity index is 935. The van der Waals surface area contributed by atoms with Crippen molar-refractivity contribution in [2.45, 2.75) is 25.3 Å². The van der Waals surface area contributed by atoms with E-state index in [9.17, 15) is 0 Å². The molecular weight excluding hydrogens is 378 g/mol. The number of rotatable bonds is 5. The molecule has 0 unspecified atom stereocenters. The van der Waals surface area contributed by atoms with Crippen LogP contribution in [0.15, 0.2) is 29.2 Å².